The van der Waals surface area contributed by atoms with Crippen LogP contribution < -0.4 is 19.7 Å². The van der Waals surface area contributed by atoms with E-state index in [-0.39, 0.29) is 12.1 Å². The fourth-order valence-electron chi connectivity index (χ4n) is 3.86. The second kappa shape index (κ2) is 9.39. The van der Waals surface area contributed by atoms with Crippen molar-refractivity contribution in [2.75, 3.05) is 12.0 Å². The summed E-state index contributed by atoms with van der Waals surface area (Å²) in [6.45, 7) is 0. The number of nitrogens with one attached hydrogen (secondary N) is 1. The molecule has 1 fully saturated rings. The molecule has 2 atom stereocenters. The van der Waals surface area contributed by atoms with Gasteiger partial charge in [0.05, 0.1) is 29.2 Å². The van der Waals surface area contributed by atoms with E-state index in [1.54, 1.807) is 24.6 Å². The molecule has 0 amide bonds. The molecular formula is C25H20ClN3O2S2. The molecule has 5 rings (SSSR count). The third kappa shape index (κ3) is 4.53. The maximum absolute atomic E-state index is 6.29. The van der Waals surface area contributed by atoms with Crippen LogP contribution in [0.1, 0.15) is 22.7 Å². The van der Waals surface area contributed by atoms with Gasteiger partial charge in [-0.05, 0) is 85.0 Å². The standard InChI is InChI=1S/C25H20ClN3O2S2/c1-30-17-9-11-19(12-10-17)31-18-7-5-16(6-8-18)29-24(21-13-14-22(26)33-21)23(28-25(29)32)20-4-2-3-15-27-20/h2-15,23-24H,1H3,(H,28,32)/t23-,24+/m0/s1. The number of aromatic nitrogens is 1. The molecule has 0 aliphatic carbocycles. The molecule has 1 saturated heterocycles. The minimum Gasteiger partial charge on any atom is -0.497 e. The van der Waals surface area contributed by atoms with Crippen molar-refractivity contribution in [3.63, 3.8) is 0 Å². The minimum absolute atomic E-state index is 0.0711. The highest BCUT2D eigenvalue weighted by atomic mass is 35.5. The van der Waals surface area contributed by atoms with E-state index < -0.39 is 0 Å². The van der Waals surface area contributed by atoms with Crippen molar-refractivity contribution in [3.8, 4) is 17.2 Å². The number of pyridine rings is 1. The lowest BCUT2D eigenvalue weighted by Crippen LogP contribution is -2.28. The predicted octanol–water partition coefficient (Wildman–Crippen LogP) is 6.77. The van der Waals surface area contributed by atoms with Crippen LogP contribution in [0.15, 0.2) is 85.1 Å². The number of nitrogens with zero attached hydrogens (tertiary/aromatic N) is 2. The van der Waals surface area contributed by atoms with Gasteiger partial charge in [-0.3, -0.25) is 4.98 Å². The summed E-state index contributed by atoms with van der Waals surface area (Å²) in [5, 5.41) is 4.10. The van der Waals surface area contributed by atoms with E-state index in [1.165, 1.54) is 0 Å². The highest BCUT2D eigenvalue weighted by molar-refractivity contribution is 7.80. The number of anilines is 1. The van der Waals surface area contributed by atoms with Gasteiger partial charge < -0.3 is 19.7 Å². The number of halogens is 1. The van der Waals surface area contributed by atoms with Gasteiger partial charge in [0.25, 0.3) is 0 Å². The van der Waals surface area contributed by atoms with Crippen molar-refractivity contribution >= 4 is 46.0 Å². The molecular weight excluding hydrogens is 474 g/mol. The van der Waals surface area contributed by atoms with E-state index in [0.717, 1.165) is 37.8 Å². The number of hydrogen-bond donors (Lipinski definition) is 1. The number of thiophene rings is 1. The lowest BCUT2D eigenvalue weighted by atomic mass is 10.0. The molecule has 0 saturated carbocycles. The smallest absolute Gasteiger partial charge is 0.174 e. The molecule has 8 heteroatoms. The first-order valence-corrected chi connectivity index (χ1v) is 11.9. The Hall–Kier alpha value is -3.13. The molecule has 5 nitrogen and oxygen atoms in total. The Morgan fingerprint density at radius 2 is 1.64 bits per heavy atom. The SMILES string of the molecule is COc1ccc(Oc2ccc(N3C(=S)N[C@@H](c4ccccn4)[C@H]3c3ccc(Cl)s3)cc2)cc1. The number of rotatable bonds is 6. The van der Waals surface area contributed by atoms with Gasteiger partial charge >= 0.3 is 0 Å². The molecule has 3 heterocycles. The molecule has 0 spiro atoms. The van der Waals surface area contributed by atoms with E-state index in [1.807, 2.05) is 72.8 Å². The Balaban J connectivity index is 1.44. The summed E-state index contributed by atoms with van der Waals surface area (Å²) in [5.74, 6) is 2.26. The zero-order chi connectivity index (χ0) is 22.8. The lowest BCUT2D eigenvalue weighted by Gasteiger charge is -2.27. The van der Waals surface area contributed by atoms with E-state index in [0.29, 0.717) is 5.11 Å². The van der Waals surface area contributed by atoms with Crippen LogP contribution in [-0.4, -0.2) is 17.2 Å². The van der Waals surface area contributed by atoms with Crippen LogP contribution in [-0.2, 0) is 0 Å². The molecule has 1 aliphatic heterocycles. The summed E-state index contributed by atoms with van der Waals surface area (Å²) < 4.78 is 11.9. The maximum Gasteiger partial charge on any atom is 0.174 e. The Kier molecular flexibility index (Phi) is 6.17. The van der Waals surface area contributed by atoms with Gasteiger partial charge in [-0.15, -0.1) is 11.3 Å². The molecule has 0 bridgehead atoms. The third-order valence-electron chi connectivity index (χ3n) is 5.39. The van der Waals surface area contributed by atoms with Gasteiger partial charge in [-0.25, -0.2) is 0 Å². The molecule has 2 aromatic carbocycles. The Morgan fingerprint density at radius 3 is 2.24 bits per heavy atom. The molecule has 0 unspecified atom stereocenters. The first-order valence-electron chi connectivity index (χ1n) is 10.3. The van der Waals surface area contributed by atoms with Crippen LogP contribution in [0.4, 0.5) is 5.69 Å². The highest BCUT2D eigenvalue weighted by Gasteiger charge is 2.41. The quantitative estimate of drug-likeness (QED) is 0.299. The molecule has 1 N–H and O–H groups in total. The van der Waals surface area contributed by atoms with Gasteiger partial charge in [0.1, 0.15) is 17.2 Å². The van der Waals surface area contributed by atoms with Crippen LogP contribution in [0.25, 0.3) is 0 Å². The fourth-order valence-corrected chi connectivity index (χ4v) is 5.40. The molecule has 166 valence electrons. The van der Waals surface area contributed by atoms with Gasteiger partial charge in [-0.1, -0.05) is 17.7 Å². The second-order valence-electron chi connectivity index (χ2n) is 7.41. The number of hydrogen-bond acceptors (Lipinski definition) is 5. The number of ether oxygens (including phenoxy) is 2. The van der Waals surface area contributed by atoms with Crippen molar-refractivity contribution in [2.24, 2.45) is 0 Å². The van der Waals surface area contributed by atoms with Gasteiger partial charge in [-0.2, -0.15) is 0 Å². The summed E-state index contributed by atoms with van der Waals surface area (Å²) in [6, 6.07) is 25.1. The topological polar surface area (TPSA) is 46.6 Å². The van der Waals surface area contributed by atoms with Crippen molar-refractivity contribution in [1.82, 2.24) is 10.3 Å². The number of methoxy groups -OCH3 is 1. The normalized spacial score (nSPS) is 17.6. The lowest BCUT2D eigenvalue weighted by molar-refractivity contribution is 0.413. The zero-order valence-corrected chi connectivity index (χ0v) is 20.0. The third-order valence-corrected chi connectivity index (χ3v) is 7.01. The molecule has 4 aromatic rings. The van der Waals surface area contributed by atoms with Crippen molar-refractivity contribution in [1.29, 1.82) is 0 Å². The Labute approximate surface area is 206 Å². The molecule has 2 aromatic heterocycles. The predicted molar refractivity (Wildman–Crippen MR) is 137 cm³/mol. The van der Waals surface area contributed by atoms with Gasteiger partial charge in [0, 0.05) is 16.8 Å². The summed E-state index contributed by atoms with van der Waals surface area (Å²) in [6.07, 6.45) is 1.80. The van der Waals surface area contributed by atoms with E-state index in [4.69, 9.17) is 33.3 Å². The molecule has 1 aliphatic rings. The average Bonchev–Trinajstić information content (AvgIpc) is 3.43. The molecule has 33 heavy (non-hydrogen) atoms. The van der Waals surface area contributed by atoms with E-state index in [2.05, 4.69) is 21.3 Å². The first-order chi connectivity index (χ1) is 16.1. The molecule has 0 radical (unpaired) electrons. The van der Waals surface area contributed by atoms with Crippen LogP contribution >= 0.6 is 35.2 Å². The summed E-state index contributed by atoms with van der Waals surface area (Å²) >= 11 is 13.6. The average molecular weight is 494 g/mol. The maximum atomic E-state index is 6.29. The van der Waals surface area contributed by atoms with Crippen molar-refractivity contribution < 1.29 is 9.47 Å². The summed E-state index contributed by atoms with van der Waals surface area (Å²) in [7, 11) is 1.64. The first kappa shape index (κ1) is 21.7. The number of thiocarbonyl (C=S) groups is 1. The van der Waals surface area contributed by atoms with Crippen LogP contribution in [0.3, 0.4) is 0 Å². The summed E-state index contributed by atoms with van der Waals surface area (Å²) in [5.41, 5.74) is 1.89. The van der Waals surface area contributed by atoms with E-state index >= 15 is 0 Å². The summed E-state index contributed by atoms with van der Waals surface area (Å²) in [4.78, 5) is 7.80. The van der Waals surface area contributed by atoms with Crippen LogP contribution in [0, 0.1) is 0 Å². The van der Waals surface area contributed by atoms with E-state index in [9.17, 15) is 0 Å². The van der Waals surface area contributed by atoms with Gasteiger partial charge in [0.2, 0.25) is 0 Å². The highest BCUT2D eigenvalue weighted by Crippen LogP contribution is 2.44. The van der Waals surface area contributed by atoms with Crippen LogP contribution in [0.2, 0.25) is 4.34 Å². The fraction of sp³-hybridized carbons (Fsp3) is 0.120. The largest absolute Gasteiger partial charge is 0.497 e. The zero-order valence-electron chi connectivity index (χ0n) is 17.6. The Morgan fingerprint density at radius 1 is 0.939 bits per heavy atom. The number of benzene rings is 2. The minimum atomic E-state index is -0.0938. The van der Waals surface area contributed by atoms with Crippen molar-refractivity contribution in [2.45, 2.75) is 12.1 Å². The second-order valence-corrected chi connectivity index (χ2v) is 9.54. The van der Waals surface area contributed by atoms with Crippen LogP contribution in [0.5, 0.6) is 17.2 Å². The Bertz CT molecular complexity index is 1250. The van der Waals surface area contributed by atoms with Gasteiger partial charge in [0.15, 0.2) is 5.11 Å². The van der Waals surface area contributed by atoms with Crippen molar-refractivity contribution in [3.05, 3.63) is 100.0 Å². The monoisotopic (exact) mass is 493 g/mol.